The van der Waals surface area contributed by atoms with Gasteiger partial charge in [0.1, 0.15) is 0 Å². The Kier molecular flexibility index (Phi) is 5.70. The molecule has 0 spiro atoms. The van der Waals surface area contributed by atoms with Crippen LogP contribution in [0, 0.1) is 0 Å². The average Bonchev–Trinajstić information content (AvgIpc) is 3.15. The summed E-state index contributed by atoms with van der Waals surface area (Å²) in [5.41, 5.74) is 13.7. The van der Waals surface area contributed by atoms with Gasteiger partial charge in [0, 0.05) is 45.0 Å². The Hall–Kier alpha value is -6.06. The van der Waals surface area contributed by atoms with Crippen molar-refractivity contribution in [1.82, 2.24) is 0 Å². The van der Waals surface area contributed by atoms with Gasteiger partial charge in [0.25, 0.3) is 0 Å². The standard InChI is InChI=1S/C44H29BN2/c1-3-16-30(17-4-1)42-35-23-9-7-20-32(35)33-21-8-10-24-37(33)44(42)47-39-27-13-11-22-34(39)36-25-15-29-41-43(36)45(47)38-26-12-14-28-40(38)46(41)31-18-5-2-6-19-31/h1-29H. The highest BCUT2D eigenvalue weighted by atomic mass is 15.2. The number of hydrogen-bond acceptors (Lipinski definition) is 2. The fraction of sp³-hybridized carbons (Fsp3) is 0. The first-order valence-corrected chi connectivity index (χ1v) is 16.3. The summed E-state index contributed by atoms with van der Waals surface area (Å²) in [6.07, 6.45) is 0. The second kappa shape index (κ2) is 10.2. The quantitative estimate of drug-likeness (QED) is 0.148. The molecule has 10 rings (SSSR count). The van der Waals surface area contributed by atoms with E-state index >= 15 is 0 Å². The van der Waals surface area contributed by atoms with Gasteiger partial charge in [-0.3, -0.25) is 0 Å². The first-order valence-electron chi connectivity index (χ1n) is 16.3. The molecule has 8 aromatic rings. The van der Waals surface area contributed by atoms with E-state index in [4.69, 9.17) is 0 Å². The van der Waals surface area contributed by atoms with E-state index in [-0.39, 0.29) is 6.85 Å². The minimum atomic E-state index is -0.0423. The molecule has 0 radical (unpaired) electrons. The Balaban J connectivity index is 1.39. The fourth-order valence-corrected chi connectivity index (χ4v) is 8.17. The van der Waals surface area contributed by atoms with Gasteiger partial charge in [-0.25, -0.2) is 0 Å². The van der Waals surface area contributed by atoms with Crippen LogP contribution >= 0.6 is 0 Å². The Morgan fingerprint density at radius 1 is 0.383 bits per heavy atom. The van der Waals surface area contributed by atoms with Crippen LogP contribution in [0.3, 0.4) is 0 Å². The van der Waals surface area contributed by atoms with Crippen LogP contribution in [0.25, 0.3) is 43.8 Å². The summed E-state index contributed by atoms with van der Waals surface area (Å²) in [7, 11) is 0. The lowest BCUT2D eigenvalue weighted by Crippen LogP contribution is -2.61. The molecule has 0 fully saturated rings. The summed E-state index contributed by atoms with van der Waals surface area (Å²) in [5, 5.41) is 5.06. The molecule has 2 nitrogen and oxygen atoms in total. The van der Waals surface area contributed by atoms with Gasteiger partial charge in [-0.05, 0) is 68.5 Å². The van der Waals surface area contributed by atoms with Crippen molar-refractivity contribution in [2.75, 3.05) is 9.71 Å². The zero-order valence-electron chi connectivity index (χ0n) is 25.7. The van der Waals surface area contributed by atoms with E-state index in [0.29, 0.717) is 0 Å². The van der Waals surface area contributed by atoms with Crippen molar-refractivity contribution in [1.29, 1.82) is 0 Å². The first-order chi connectivity index (χ1) is 23.4. The smallest absolute Gasteiger partial charge is 0.333 e. The molecule has 2 aliphatic heterocycles. The van der Waals surface area contributed by atoms with Crippen LogP contribution in [0.2, 0.25) is 0 Å². The van der Waals surface area contributed by atoms with E-state index in [1.807, 2.05) is 0 Å². The van der Waals surface area contributed by atoms with Crippen molar-refractivity contribution in [3.05, 3.63) is 176 Å². The molecule has 47 heavy (non-hydrogen) atoms. The molecule has 0 aromatic heterocycles. The summed E-state index contributed by atoms with van der Waals surface area (Å²) >= 11 is 0. The van der Waals surface area contributed by atoms with E-state index in [1.165, 1.54) is 83.2 Å². The molecule has 0 aliphatic carbocycles. The van der Waals surface area contributed by atoms with Crippen LogP contribution < -0.4 is 20.6 Å². The zero-order valence-corrected chi connectivity index (χ0v) is 25.7. The molecular formula is C44H29BN2. The highest BCUT2D eigenvalue weighted by Gasteiger charge is 2.45. The molecule has 0 unspecified atom stereocenters. The minimum absolute atomic E-state index is 0.0423. The van der Waals surface area contributed by atoms with Gasteiger partial charge < -0.3 is 9.71 Å². The third-order valence-electron chi connectivity index (χ3n) is 10.0. The first kappa shape index (κ1) is 26.2. The largest absolute Gasteiger partial charge is 0.375 e. The molecule has 0 saturated carbocycles. The van der Waals surface area contributed by atoms with Crippen LogP contribution in [0.1, 0.15) is 0 Å². The van der Waals surface area contributed by atoms with Crippen LogP contribution in [0.5, 0.6) is 0 Å². The van der Waals surface area contributed by atoms with Crippen molar-refractivity contribution >= 4 is 67.8 Å². The van der Waals surface area contributed by atoms with Gasteiger partial charge in [-0.15, -0.1) is 0 Å². The predicted molar refractivity (Wildman–Crippen MR) is 201 cm³/mol. The topological polar surface area (TPSA) is 6.48 Å². The average molecular weight is 597 g/mol. The number of hydrogen-bond donors (Lipinski definition) is 0. The van der Waals surface area contributed by atoms with Gasteiger partial charge in [0.2, 0.25) is 0 Å². The van der Waals surface area contributed by atoms with E-state index < -0.39 is 0 Å². The summed E-state index contributed by atoms with van der Waals surface area (Å²) in [5.74, 6) is 0. The number of fused-ring (bicyclic) bond motifs is 7. The van der Waals surface area contributed by atoms with Crippen LogP contribution in [-0.2, 0) is 0 Å². The summed E-state index contributed by atoms with van der Waals surface area (Å²) in [6, 6.07) is 64.5. The second-order valence-corrected chi connectivity index (χ2v) is 12.4. The molecule has 8 aromatic carbocycles. The Bertz CT molecular complexity index is 2490. The third-order valence-corrected chi connectivity index (χ3v) is 10.0. The van der Waals surface area contributed by atoms with Crippen LogP contribution in [0.15, 0.2) is 176 Å². The Morgan fingerprint density at radius 3 is 1.72 bits per heavy atom. The molecule has 218 valence electrons. The van der Waals surface area contributed by atoms with E-state index in [9.17, 15) is 0 Å². The lowest BCUT2D eigenvalue weighted by molar-refractivity contribution is 1.27. The number of benzene rings is 8. The molecule has 0 atom stereocenters. The lowest BCUT2D eigenvalue weighted by Gasteiger charge is -2.46. The van der Waals surface area contributed by atoms with Crippen LogP contribution in [-0.4, -0.2) is 6.85 Å². The van der Waals surface area contributed by atoms with Gasteiger partial charge in [-0.2, -0.15) is 0 Å². The molecule has 2 aliphatic rings. The number of nitrogens with zero attached hydrogens (tertiary/aromatic N) is 2. The highest BCUT2D eigenvalue weighted by Crippen LogP contribution is 2.51. The molecule has 0 amide bonds. The maximum atomic E-state index is 2.67. The maximum Gasteiger partial charge on any atom is 0.333 e. The van der Waals surface area contributed by atoms with Crippen LogP contribution in [0.4, 0.5) is 28.4 Å². The van der Waals surface area contributed by atoms with Gasteiger partial charge in [0.05, 0.1) is 0 Å². The lowest BCUT2D eigenvalue weighted by atomic mass is 9.43. The molecule has 0 saturated heterocycles. The number of para-hydroxylation sites is 3. The molecule has 0 bridgehead atoms. The van der Waals surface area contributed by atoms with E-state index in [0.717, 1.165) is 0 Å². The zero-order chi connectivity index (χ0) is 30.9. The van der Waals surface area contributed by atoms with E-state index in [2.05, 4.69) is 186 Å². The van der Waals surface area contributed by atoms with Crippen molar-refractivity contribution in [3.8, 4) is 22.3 Å². The highest BCUT2D eigenvalue weighted by molar-refractivity contribution is 6.94. The molecule has 2 heterocycles. The normalized spacial score (nSPS) is 13.0. The number of anilines is 5. The van der Waals surface area contributed by atoms with Crippen molar-refractivity contribution < 1.29 is 0 Å². The summed E-state index contributed by atoms with van der Waals surface area (Å²) in [6.45, 7) is -0.0423. The van der Waals surface area contributed by atoms with Crippen molar-refractivity contribution in [2.24, 2.45) is 0 Å². The Labute approximate surface area is 274 Å². The van der Waals surface area contributed by atoms with Gasteiger partial charge >= 0.3 is 6.85 Å². The SMILES string of the molecule is c1ccc(-c2c(N3B4c5ccccc5N(c5ccccc5)c5cccc(c54)-c4ccccc43)c3ccccc3c3ccccc23)cc1. The molecular weight excluding hydrogens is 567 g/mol. The summed E-state index contributed by atoms with van der Waals surface area (Å²) < 4.78 is 0. The fourth-order valence-electron chi connectivity index (χ4n) is 8.17. The van der Waals surface area contributed by atoms with Gasteiger partial charge in [-0.1, -0.05) is 146 Å². The minimum Gasteiger partial charge on any atom is -0.375 e. The maximum absolute atomic E-state index is 2.67. The number of rotatable bonds is 3. The molecule has 0 N–H and O–H groups in total. The summed E-state index contributed by atoms with van der Waals surface area (Å²) in [4.78, 5) is 5.12. The van der Waals surface area contributed by atoms with Gasteiger partial charge in [0.15, 0.2) is 0 Å². The Morgan fingerprint density at radius 2 is 0.936 bits per heavy atom. The second-order valence-electron chi connectivity index (χ2n) is 12.4. The van der Waals surface area contributed by atoms with Crippen molar-refractivity contribution in [2.45, 2.75) is 0 Å². The molecule has 3 heteroatoms. The predicted octanol–water partition coefficient (Wildman–Crippen LogP) is 10.4. The van der Waals surface area contributed by atoms with E-state index in [1.54, 1.807) is 0 Å². The van der Waals surface area contributed by atoms with Crippen molar-refractivity contribution in [3.63, 3.8) is 0 Å². The third kappa shape index (κ3) is 3.74. The monoisotopic (exact) mass is 596 g/mol.